The number of carbonyl (C=O) groups excluding carboxylic acids is 3. The number of fused-ring (bicyclic) bond motifs is 6. The fourth-order valence-corrected chi connectivity index (χ4v) is 5.44. The molecule has 3 amide bonds. The van der Waals surface area contributed by atoms with Crippen LogP contribution in [0.15, 0.2) is 54.6 Å². The summed E-state index contributed by atoms with van der Waals surface area (Å²) in [6.45, 7) is 0.270. The van der Waals surface area contributed by atoms with E-state index in [0.717, 1.165) is 5.56 Å². The van der Waals surface area contributed by atoms with Crippen LogP contribution >= 0.6 is 0 Å². The monoisotopic (exact) mass is 602 g/mol. The molecule has 2 aliphatic rings. The Morgan fingerprint density at radius 2 is 1.86 bits per heavy atom. The summed E-state index contributed by atoms with van der Waals surface area (Å²) in [6, 6.07) is 14.0. The van der Waals surface area contributed by atoms with Crippen molar-refractivity contribution in [1.82, 2.24) is 30.9 Å². The van der Waals surface area contributed by atoms with E-state index in [9.17, 15) is 18.8 Å². The minimum atomic E-state index is -0.641. The summed E-state index contributed by atoms with van der Waals surface area (Å²) in [7, 11) is 1.50. The highest BCUT2D eigenvalue weighted by Crippen LogP contribution is 2.29. The first-order chi connectivity index (χ1) is 21.3. The van der Waals surface area contributed by atoms with Gasteiger partial charge in [0.1, 0.15) is 28.7 Å². The number of nitrogens with one attached hydrogen (secondary N) is 3. The molecule has 0 saturated carbocycles. The third-order valence-electron chi connectivity index (χ3n) is 7.68. The molecule has 1 aromatic heterocycles. The predicted molar refractivity (Wildman–Crippen MR) is 156 cm³/mol. The molecule has 228 valence electrons. The van der Waals surface area contributed by atoms with Crippen LogP contribution in [-0.2, 0) is 22.6 Å². The molecule has 0 aliphatic carbocycles. The number of aromatic amines is 1. The average molecular weight is 603 g/mol. The zero-order valence-corrected chi connectivity index (χ0v) is 24.0. The van der Waals surface area contributed by atoms with Gasteiger partial charge in [0.05, 0.1) is 13.2 Å². The maximum atomic E-state index is 14.6. The van der Waals surface area contributed by atoms with Crippen LogP contribution in [0.4, 0.5) is 4.39 Å². The molecule has 6 rings (SSSR count). The largest absolute Gasteiger partial charge is 0.493 e. The molecular weight excluding hydrogens is 571 g/mol. The van der Waals surface area contributed by atoms with E-state index in [0.29, 0.717) is 53.0 Å². The second-order valence-electron chi connectivity index (χ2n) is 10.7. The van der Waals surface area contributed by atoms with Gasteiger partial charge in [-0.1, -0.05) is 6.07 Å². The molecule has 3 heterocycles. The fraction of sp³-hybridized carbons (Fsp3) is 0.323. The molecular formula is C31H31FN6O6. The van der Waals surface area contributed by atoms with E-state index in [1.54, 1.807) is 41.3 Å². The molecule has 2 atom stereocenters. The molecule has 4 bridgehead atoms. The minimum Gasteiger partial charge on any atom is -0.493 e. The van der Waals surface area contributed by atoms with Crippen LogP contribution in [0, 0.1) is 5.82 Å². The minimum absolute atomic E-state index is 0.118. The van der Waals surface area contributed by atoms with Crippen molar-refractivity contribution in [1.29, 1.82) is 0 Å². The third-order valence-corrected chi connectivity index (χ3v) is 7.68. The van der Waals surface area contributed by atoms with Crippen LogP contribution in [0.2, 0.25) is 0 Å². The van der Waals surface area contributed by atoms with E-state index in [4.69, 9.17) is 14.2 Å². The molecule has 3 N–H and O–H groups in total. The number of likely N-dealkylation sites (tertiary alicyclic amines) is 1. The summed E-state index contributed by atoms with van der Waals surface area (Å²) in [6.07, 6.45) is 0.410. The number of methoxy groups -OCH3 is 1. The maximum absolute atomic E-state index is 14.6. The number of amides is 3. The first kappa shape index (κ1) is 28.9. The fourth-order valence-electron chi connectivity index (χ4n) is 5.44. The molecule has 1 saturated heterocycles. The summed E-state index contributed by atoms with van der Waals surface area (Å²) in [5.74, 6) is -0.318. The van der Waals surface area contributed by atoms with Crippen molar-refractivity contribution in [2.75, 3.05) is 26.8 Å². The van der Waals surface area contributed by atoms with Gasteiger partial charge in [0.15, 0.2) is 18.1 Å². The molecule has 13 heteroatoms. The Balaban J connectivity index is 1.27. The molecule has 3 aromatic carbocycles. The van der Waals surface area contributed by atoms with Crippen molar-refractivity contribution in [3.8, 4) is 17.2 Å². The van der Waals surface area contributed by atoms with E-state index in [1.165, 1.54) is 19.2 Å². The lowest BCUT2D eigenvalue weighted by Crippen LogP contribution is -2.58. The van der Waals surface area contributed by atoms with E-state index in [2.05, 4.69) is 26.0 Å². The number of nitrogens with zero attached hydrogens (tertiary/aromatic N) is 3. The van der Waals surface area contributed by atoms with Gasteiger partial charge >= 0.3 is 0 Å². The number of piperidine rings is 1. The van der Waals surface area contributed by atoms with E-state index >= 15 is 0 Å². The number of H-pyrrole nitrogens is 1. The number of ether oxygens (including phenoxy) is 3. The number of hydrogen-bond acceptors (Lipinski definition) is 8. The van der Waals surface area contributed by atoms with Crippen molar-refractivity contribution in [3.63, 3.8) is 0 Å². The first-order valence-corrected chi connectivity index (χ1v) is 14.3. The van der Waals surface area contributed by atoms with E-state index in [-0.39, 0.29) is 43.7 Å². The van der Waals surface area contributed by atoms with Gasteiger partial charge in [0.25, 0.3) is 11.8 Å². The quantitative estimate of drug-likeness (QED) is 0.317. The van der Waals surface area contributed by atoms with Crippen LogP contribution in [0.5, 0.6) is 17.2 Å². The smallest absolute Gasteiger partial charge is 0.258 e. The highest BCUT2D eigenvalue weighted by Gasteiger charge is 2.35. The number of benzene rings is 3. The molecule has 44 heavy (non-hydrogen) atoms. The zero-order chi connectivity index (χ0) is 30.6. The SMILES string of the molecule is COc1ccc2cc1OCC(=O)N[C@@H]1CN(C(=O)c3ccc4n[nH]nc4c3)CC[C@H]1Oc1cc(F)cc(c1)CNC(=O)CC2. The maximum Gasteiger partial charge on any atom is 0.258 e. The van der Waals surface area contributed by atoms with Crippen LogP contribution < -0.4 is 24.8 Å². The topological polar surface area (TPSA) is 148 Å². The Hall–Kier alpha value is -5.20. The number of aromatic nitrogens is 3. The standard InChI is InChI=1S/C31H31FN6O6/c1-42-27-6-2-18-3-7-29(39)33-15-19-10-21(32)14-22(11-19)44-26-8-9-38(16-25(26)34-30(40)17-43-28(27)12-18)31(41)20-4-5-23-24(13-20)36-37-35-23/h2,4-6,10-14,25-26H,3,7-9,15-17H2,1H3,(H,33,39)(H,34,40)(H,35,36,37)/t25-,26-/m1/s1. The third kappa shape index (κ3) is 6.56. The van der Waals surface area contributed by atoms with Gasteiger partial charge in [0, 0.05) is 44.1 Å². The lowest BCUT2D eigenvalue weighted by molar-refractivity contribution is -0.125. The van der Waals surface area contributed by atoms with Gasteiger partial charge in [-0.2, -0.15) is 15.4 Å². The van der Waals surface area contributed by atoms with Gasteiger partial charge in [-0.25, -0.2) is 4.39 Å². The van der Waals surface area contributed by atoms with Gasteiger partial charge in [-0.15, -0.1) is 0 Å². The number of halogens is 1. The summed E-state index contributed by atoms with van der Waals surface area (Å²) in [4.78, 5) is 40.9. The Bertz CT molecular complexity index is 1710. The molecule has 0 unspecified atom stereocenters. The summed E-state index contributed by atoms with van der Waals surface area (Å²) >= 11 is 0. The van der Waals surface area contributed by atoms with Gasteiger partial charge in [-0.3, -0.25) is 14.4 Å². The number of rotatable bonds is 2. The molecule has 0 spiro atoms. The highest BCUT2D eigenvalue weighted by atomic mass is 19.1. The number of carbonyl (C=O) groups is 3. The Morgan fingerprint density at radius 3 is 2.73 bits per heavy atom. The zero-order valence-electron chi connectivity index (χ0n) is 24.0. The van der Waals surface area contributed by atoms with Crippen molar-refractivity contribution < 1.29 is 33.0 Å². The summed E-state index contributed by atoms with van der Waals surface area (Å²) < 4.78 is 32.1. The highest BCUT2D eigenvalue weighted by molar-refractivity contribution is 5.97. The summed E-state index contributed by atoms with van der Waals surface area (Å²) in [5, 5.41) is 16.4. The summed E-state index contributed by atoms with van der Waals surface area (Å²) in [5.41, 5.74) is 2.99. The van der Waals surface area contributed by atoms with Crippen molar-refractivity contribution in [2.45, 2.75) is 38.0 Å². The van der Waals surface area contributed by atoms with Gasteiger partial charge < -0.3 is 29.7 Å². The van der Waals surface area contributed by atoms with Crippen LogP contribution in [0.3, 0.4) is 0 Å². The number of hydrogen-bond donors (Lipinski definition) is 3. The van der Waals surface area contributed by atoms with Gasteiger partial charge in [0.2, 0.25) is 5.91 Å². The Morgan fingerprint density at radius 1 is 1.00 bits per heavy atom. The average Bonchev–Trinajstić information content (AvgIpc) is 3.50. The Kier molecular flexibility index (Phi) is 8.26. The molecule has 12 nitrogen and oxygen atoms in total. The van der Waals surface area contributed by atoms with Gasteiger partial charge in [-0.05, 0) is 60.0 Å². The second-order valence-corrected chi connectivity index (χ2v) is 10.7. The van der Waals surface area contributed by atoms with Crippen molar-refractivity contribution in [3.05, 3.63) is 77.1 Å². The first-order valence-electron chi connectivity index (χ1n) is 14.3. The predicted octanol–water partition coefficient (Wildman–Crippen LogP) is 2.53. The molecule has 2 aliphatic heterocycles. The van der Waals surface area contributed by atoms with Crippen LogP contribution in [0.25, 0.3) is 11.0 Å². The molecule has 0 radical (unpaired) electrons. The van der Waals surface area contributed by atoms with Crippen LogP contribution in [0.1, 0.15) is 34.3 Å². The molecule has 4 aromatic rings. The lowest BCUT2D eigenvalue weighted by atomic mass is 10.00. The van der Waals surface area contributed by atoms with E-state index < -0.39 is 23.9 Å². The van der Waals surface area contributed by atoms with Crippen molar-refractivity contribution in [2.24, 2.45) is 0 Å². The Labute approximate surface area is 251 Å². The number of aryl methyl sites for hydroxylation is 1. The van der Waals surface area contributed by atoms with Crippen molar-refractivity contribution >= 4 is 28.8 Å². The van der Waals surface area contributed by atoms with E-state index in [1.807, 2.05) is 6.07 Å². The lowest BCUT2D eigenvalue weighted by Gasteiger charge is -2.39. The second kappa shape index (κ2) is 12.6. The molecule has 1 fully saturated rings. The van der Waals surface area contributed by atoms with Crippen LogP contribution in [-0.4, -0.2) is 77.0 Å². The normalized spacial score (nSPS) is 19.4.